The van der Waals surface area contributed by atoms with E-state index < -0.39 is 0 Å². The molecule has 1 aliphatic carbocycles. The Kier molecular flexibility index (Phi) is 5.29. The first kappa shape index (κ1) is 18.5. The fraction of sp³-hybridized carbons (Fsp3) is 0.286. The van der Waals surface area contributed by atoms with E-state index in [9.17, 15) is 0 Å². The summed E-state index contributed by atoms with van der Waals surface area (Å²) in [5.41, 5.74) is 6.74. The van der Waals surface area contributed by atoms with Crippen molar-refractivity contribution in [2.75, 3.05) is 0 Å². The van der Waals surface area contributed by atoms with Crippen LogP contribution in [0.5, 0.6) is 0 Å². The molecule has 0 bridgehead atoms. The van der Waals surface area contributed by atoms with E-state index in [2.05, 4.69) is 37.0 Å². The molecular formula is C21H20Cl3N. The van der Waals surface area contributed by atoms with E-state index in [1.165, 1.54) is 22.3 Å². The minimum absolute atomic E-state index is 0.110. The number of allylic oxidation sites excluding steroid dienone is 2. The maximum Gasteiger partial charge on any atom is 0.102 e. The first-order valence-corrected chi connectivity index (χ1v) is 9.38. The van der Waals surface area contributed by atoms with Gasteiger partial charge < -0.3 is 0 Å². The van der Waals surface area contributed by atoms with Gasteiger partial charge in [0.25, 0.3) is 0 Å². The van der Waals surface area contributed by atoms with Gasteiger partial charge in [0.1, 0.15) is 4.49 Å². The molecule has 1 atom stereocenters. The first-order valence-electron chi connectivity index (χ1n) is 8.24. The second-order valence-electron chi connectivity index (χ2n) is 6.98. The van der Waals surface area contributed by atoms with Crippen LogP contribution in [0.2, 0.25) is 5.02 Å². The quantitative estimate of drug-likeness (QED) is 0.545. The van der Waals surface area contributed by atoms with Crippen LogP contribution in [0, 0.1) is 19.3 Å². The number of nitrogens with zero attached hydrogens (tertiary/aromatic N) is 1. The molecule has 1 nitrogen and oxygen atoms in total. The van der Waals surface area contributed by atoms with Crippen molar-refractivity contribution >= 4 is 40.4 Å². The molecule has 0 saturated heterocycles. The summed E-state index contributed by atoms with van der Waals surface area (Å²) in [6, 6.07) is 8.27. The lowest BCUT2D eigenvalue weighted by Crippen LogP contribution is -2.22. The smallest absolute Gasteiger partial charge is 0.102 e. The molecule has 0 fully saturated rings. The molecule has 1 heterocycles. The van der Waals surface area contributed by atoms with Gasteiger partial charge in [-0.1, -0.05) is 66.0 Å². The van der Waals surface area contributed by atoms with E-state index in [0.717, 1.165) is 29.1 Å². The van der Waals surface area contributed by atoms with Gasteiger partial charge in [0.15, 0.2) is 0 Å². The molecule has 0 saturated carbocycles. The van der Waals surface area contributed by atoms with Crippen LogP contribution < -0.4 is 0 Å². The number of benzene rings is 1. The highest BCUT2D eigenvalue weighted by Gasteiger charge is 2.30. The lowest BCUT2D eigenvalue weighted by molar-refractivity contribution is 0.427. The average Bonchev–Trinajstić information content (AvgIpc) is 2.56. The van der Waals surface area contributed by atoms with Crippen LogP contribution in [0.1, 0.15) is 41.3 Å². The number of pyridine rings is 1. The Morgan fingerprint density at radius 3 is 2.72 bits per heavy atom. The van der Waals surface area contributed by atoms with Gasteiger partial charge in [0.2, 0.25) is 0 Å². The number of aromatic nitrogens is 1. The third-order valence-corrected chi connectivity index (χ3v) is 5.52. The Morgan fingerprint density at radius 1 is 1.28 bits per heavy atom. The molecule has 0 N–H and O–H groups in total. The molecule has 0 aliphatic heterocycles. The van der Waals surface area contributed by atoms with Crippen molar-refractivity contribution < 1.29 is 0 Å². The molecular weight excluding hydrogens is 373 g/mol. The molecule has 0 spiro atoms. The standard InChI is InChI=1S/C21H20Cl3N/c1-13-9-15(12-25-14(13)2)17-10-21(3,8-7-20(23)24)11-18-16(17)5-4-6-19(18)22/h4-7,9-10,12H,8,11H2,1-3H3. The van der Waals surface area contributed by atoms with Gasteiger partial charge in [-0.3, -0.25) is 4.98 Å². The third-order valence-electron chi connectivity index (χ3n) is 4.86. The van der Waals surface area contributed by atoms with Crippen LogP contribution in [0.15, 0.2) is 47.1 Å². The molecule has 3 rings (SSSR count). The summed E-state index contributed by atoms with van der Waals surface area (Å²) in [5.74, 6) is 0. The Hall–Kier alpha value is -1.28. The molecule has 4 heteroatoms. The number of rotatable bonds is 3. The number of hydrogen-bond donors (Lipinski definition) is 0. The van der Waals surface area contributed by atoms with E-state index in [0.29, 0.717) is 4.49 Å². The van der Waals surface area contributed by atoms with Crippen LogP contribution in [0.3, 0.4) is 0 Å². The summed E-state index contributed by atoms with van der Waals surface area (Å²) in [7, 11) is 0. The van der Waals surface area contributed by atoms with Gasteiger partial charge >= 0.3 is 0 Å². The molecule has 2 aromatic rings. The molecule has 1 aromatic carbocycles. The summed E-state index contributed by atoms with van der Waals surface area (Å²) < 4.78 is 0.300. The van der Waals surface area contributed by atoms with Crippen molar-refractivity contribution in [2.45, 2.75) is 33.6 Å². The normalized spacial score (nSPS) is 19.2. The predicted octanol–water partition coefficient (Wildman–Crippen LogP) is 7.06. The molecule has 1 aromatic heterocycles. The highest BCUT2D eigenvalue weighted by molar-refractivity contribution is 6.55. The van der Waals surface area contributed by atoms with Crippen molar-refractivity contribution in [2.24, 2.45) is 5.41 Å². The van der Waals surface area contributed by atoms with Crippen LogP contribution in [0.25, 0.3) is 5.57 Å². The van der Waals surface area contributed by atoms with Crippen molar-refractivity contribution in [3.05, 3.63) is 80.1 Å². The van der Waals surface area contributed by atoms with Crippen molar-refractivity contribution in [1.29, 1.82) is 0 Å². The zero-order valence-corrected chi connectivity index (χ0v) is 16.8. The SMILES string of the molecule is Cc1cc(C2=CC(C)(CC=C(Cl)Cl)Cc3c(Cl)cccc32)cnc1C. The maximum atomic E-state index is 6.53. The zero-order valence-electron chi connectivity index (χ0n) is 14.5. The summed E-state index contributed by atoms with van der Waals surface area (Å²) in [4.78, 5) is 4.54. The van der Waals surface area contributed by atoms with Crippen LogP contribution in [-0.2, 0) is 6.42 Å². The topological polar surface area (TPSA) is 12.9 Å². The zero-order chi connectivity index (χ0) is 18.2. The molecule has 1 aliphatic rings. The summed E-state index contributed by atoms with van der Waals surface area (Å²) in [6.07, 6.45) is 7.71. The van der Waals surface area contributed by atoms with Gasteiger partial charge in [-0.05, 0) is 66.5 Å². The van der Waals surface area contributed by atoms with E-state index in [1.54, 1.807) is 0 Å². The van der Waals surface area contributed by atoms with Crippen molar-refractivity contribution in [1.82, 2.24) is 4.98 Å². The lowest BCUT2D eigenvalue weighted by atomic mass is 9.71. The van der Waals surface area contributed by atoms with E-state index in [4.69, 9.17) is 34.8 Å². The minimum Gasteiger partial charge on any atom is -0.261 e. The summed E-state index contributed by atoms with van der Waals surface area (Å²) in [5, 5.41) is 0.798. The van der Waals surface area contributed by atoms with Crippen molar-refractivity contribution in [3.8, 4) is 0 Å². The Labute approximate surface area is 164 Å². The van der Waals surface area contributed by atoms with Gasteiger partial charge in [0, 0.05) is 22.5 Å². The van der Waals surface area contributed by atoms with E-state index in [1.807, 2.05) is 31.3 Å². The second kappa shape index (κ2) is 7.15. The minimum atomic E-state index is -0.110. The van der Waals surface area contributed by atoms with E-state index in [-0.39, 0.29) is 5.41 Å². The molecule has 0 radical (unpaired) electrons. The summed E-state index contributed by atoms with van der Waals surface area (Å²) >= 11 is 18.2. The largest absolute Gasteiger partial charge is 0.261 e. The monoisotopic (exact) mass is 391 g/mol. The number of fused-ring (bicyclic) bond motifs is 1. The van der Waals surface area contributed by atoms with Crippen LogP contribution in [0.4, 0.5) is 0 Å². The second-order valence-corrected chi connectivity index (χ2v) is 8.39. The number of aryl methyl sites for hydroxylation is 2. The Morgan fingerprint density at radius 2 is 2.04 bits per heavy atom. The summed E-state index contributed by atoms with van der Waals surface area (Å²) in [6.45, 7) is 6.32. The van der Waals surface area contributed by atoms with E-state index >= 15 is 0 Å². The van der Waals surface area contributed by atoms with Crippen LogP contribution >= 0.6 is 34.8 Å². The predicted molar refractivity (Wildman–Crippen MR) is 108 cm³/mol. The highest BCUT2D eigenvalue weighted by atomic mass is 35.5. The highest BCUT2D eigenvalue weighted by Crippen LogP contribution is 2.44. The maximum absolute atomic E-state index is 6.53. The number of halogens is 3. The fourth-order valence-electron chi connectivity index (χ4n) is 3.34. The third kappa shape index (κ3) is 3.95. The van der Waals surface area contributed by atoms with Gasteiger partial charge in [0.05, 0.1) is 0 Å². The van der Waals surface area contributed by atoms with Crippen molar-refractivity contribution in [3.63, 3.8) is 0 Å². The van der Waals surface area contributed by atoms with Gasteiger partial charge in [-0.25, -0.2) is 0 Å². The Balaban J connectivity index is 2.17. The molecule has 25 heavy (non-hydrogen) atoms. The first-order chi connectivity index (χ1) is 11.8. The average molecular weight is 393 g/mol. The number of hydrogen-bond acceptors (Lipinski definition) is 1. The van der Waals surface area contributed by atoms with Crippen LogP contribution in [-0.4, -0.2) is 4.98 Å². The fourth-order valence-corrected chi connectivity index (χ4v) is 3.74. The Bertz CT molecular complexity index is 879. The van der Waals surface area contributed by atoms with Gasteiger partial charge in [-0.15, -0.1) is 0 Å². The lowest BCUT2D eigenvalue weighted by Gasteiger charge is -2.33. The molecule has 0 amide bonds. The molecule has 130 valence electrons. The van der Waals surface area contributed by atoms with Gasteiger partial charge in [-0.2, -0.15) is 0 Å². The molecule has 1 unspecified atom stereocenters.